The Balaban J connectivity index is 2.77. The zero-order chi connectivity index (χ0) is 11.9. The molecule has 0 bridgehead atoms. The maximum absolute atomic E-state index is 11.4. The zero-order valence-electron chi connectivity index (χ0n) is 10.0. The van der Waals surface area contributed by atoms with E-state index in [-0.39, 0.29) is 22.8 Å². The van der Waals surface area contributed by atoms with E-state index in [1.54, 1.807) is 6.92 Å². The number of hydrogen-bond donors (Lipinski definition) is 2. The van der Waals surface area contributed by atoms with Gasteiger partial charge >= 0.3 is 0 Å². The van der Waals surface area contributed by atoms with Crippen LogP contribution in [0.2, 0.25) is 0 Å². The van der Waals surface area contributed by atoms with Crippen LogP contribution in [0.3, 0.4) is 0 Å². The Kier molecular flexibility index (Phi) is 2.84. The maximum Gasteiger partial charge on any atom is 0.296 e. The van der Waals surface area contributed by atoms with E-state index in [2.05, 4.69) is 17.2 Å². The van der Waals surface area contributed by atoms with Gasteiger partial charge in [-0.05, 0) is 12.8 Å². The van der Waals surface area contributed by atoms with E-state index in [9.17, 15) is 9.90 Å². The third-order valence-corrected chi connectivity index (χ3v) is 3.41. The van der Waals surface area contributed by atoms with Crippen molar-refractivity contribution < 1.29 is 9.90 Å². The maximum atomic E-state index is 11.4. The number of nitrogens with one attached hydrogen (secondary N) is 1. The van der Waals surface area contributed by atoms with Crippen molar-refractivity contribution in [3.05, 3.63) is 0 Å². The molecule has 1 aliphatic carbocycles. The number of rotatable bonds is 1. The lowest BCUT2D eigenvalue weighted by molar-refractivity contribution is -0.184. The first kappa shape index (κ1) is 12.1. The second kappa shape index (κ2) is 3.53. The molecule has 0 saturated heterocycles. The first-order valence-electron chi connectivity index (χ1n) is 5.16. The van der Waals surface area contributed by atoms with Crippen molar-refractivity contribution in [1.82, 2.24) is 5.32 Å². The van der Waals surface area contributed by atoms with Gasteiger partial charge in [0.25, 0.3) is 5.91 Å². The summed E-state index contributed by atoms with van der Waals surface area (Å²) in [6.45, 7) is 9.44. The molecule has 0 atom stereocenters. The van der Waals surface area contributed by atoms with Crippen LogP contribution < -0.4 is 5.32 Å². The van der Waals surface area contributed by atoms with Crippen LogP contribution >= 0.6 is 0 Å². The summed E-state index contributed by atoms with van der Waals surface area (Å²) in [5.41, 5.74) is -0.566. The van der Waals surface area contributed by atoms with Crippen LogP contribution in [0.15, 0.2) is 0 Å². The van der Waals surface area contributed by atoms with Gasteiger partial charge in [0.15, 0.2) is 0 Å². The largest absolute Gasteiger partial charge is 0.392 e. The van der Waals surface area contributed by atoms with Crippen LogP contribution in [0.25, 0.3) is 0 Å². The van der Waals surface area contributed by atoms with Crippen LogP contribution in [-0.4, -0.2) is 23.2 Å². The number of hydrogen-bond acceptors (Lipinski definition) is 2. The van der Waals surface area contributed by atoms with Crippen LogP contribution in [0.4, 0.5) is 0 Å². The standard InChI is InChI=1S/C12H19NO2/c1-6-7-8(14)13-9-11(2,3)10(15)12(9,4)5/h9-10,15H,1-5H3,(H,13,14). The average molecular weight is 209 g/mol. The van der Waals surface area contributed by atoms with Gasteiger partial charge < -0.3 is 10.4 Å². The van der Waals surface area contributed by atoms with E-state index in [0.717, 1.165) is 0 Å². The highest BCUT2D eigenvalue weighted by Crippen LogP contribution is 2.53. The SMILES string of the molecule is CC#CC(=O)NC1C(C)(C)C(O)C1(C)C. The van der Waals surface area contributed by atoms with Gasteiger partial charge in [-0.25, -0.2) is 0 Å². The van der Waals surface area contributed by atoms with Crippen molar-refractivity contribution in [1.29, 1.82) is 0 Å². The summed E-state index contributed by atoms with van der Waals surface area (Å²) in [6.07, 6.45) is -0.398. The Morgan fingerprint density at radius 2 is 1.73 bits per heavy atom. The lowest BCUT2D eigenvalue weighted by atomic mass is 9.49. The molecule has 84 valence electrons. The number of aliphatic hydroxyl groups excluding tert-OH is 1. The fourth-order valence-electron chi connectivity index (χ4n) is 2.79. The molecule has 1 fully saturated rings. The van der Waals surface area contributed by atoms with E-state index < -0.39 is 6.10 Å². The van der Waals surface area contributed by atoms with E-state index in [4.69, 9.17) is 0 Å². The molecule has 0 spiro atoms. The number of carbonyl (C=O) groups excluding carboxylic acids is 1. The molecule has 15 heavy (non-hydrogen) atoms. The third-order valence-electron chi connectivity index (χ3n) is 3.41. The Morgan fingerprint density at radius 1 is 1.27 bits per heavy atom. The molecule has 0 radical (unpaired) electrons. The van der Waals surface area contributed by atoms with Crippen LogP contribution in [-0.2, 0) is 4.79 Å². The zero-order valence-corrected chi connectivity index (χ0v) is 10.0. The lowest BCUT2D eigenvalue weighted by Crippen LogP contribution is -2.73. The van der Waals surface area contributed by atoms with Gasteiger partial charge in [0.2, 0.25) is 0 Å². The Morgan fingerprint density at radius 3 is 2.13 bits per heavy atom. The summed E-state index contributed by atoms with van der Waals surface area (Å²) in [5.74, 6) is 4.75. The average Bonchev–Trinajstić information content (AvgIpc) is 2.13. The highest BCUT2D eigenvalue weighted by atomic mass is 16.3. The van der Waals surface area contributed by atoms with Crippen LogP contribution in [0, 0.1) is 22.7 Å². The fourth-order valence-corrected chi connectivity index (χ4v) is 2.79. The smallest absolute Gasteiger partial charge is 0.296 e. The monoisotopic (exact) mass is 209 g/mol. The molecule has 1 amide bonds. The topological polar surface area (TPSA) is 49.3 Å². The minimum Gasteiger partial charge on any atom is -0.392 e. The summed E-state index contributed by atoms with van der Waals surface area (Å²) in [7, 11) is 0. The predicted molar refractivity (Wildman–Crippen MR) is 58.9 cm³/mol. The summed E-state index contributed by atoms with van der Waals surface area (Å²) in [4.78, 5) is 11.4. The van der Waals surface area contributed by atoms with Gasteiger partial charge in [0.05, 0.1) is 6.10 Å². The van der Waals surface area contributed by atoms with Gasteiger partial charge in [-0.1, -0.05) is 33.6 Å². The second-order valence-corrected chi connectivity index (χ2v) is 5.33. The molecule has 0 aromatic heterocycles. The normalized spacial score (nSPS) is 30.8. The molecule has 0 aromatic carbocycles. The van der Waals surface area contributed by atoms with Crippen molar-refractivity contribution >= 4 is 5.91 Å². The Hall–Kier alpha value is -1.01. The second-order valence-electron chi connectivity index (χ2n) is 5.33. The Bertz CT molecular complexity index is 317. The molecule has 0 aromatic rings. The molecule has 1 rings (SSSR count). The molecular weight excluding hydrogens is 190 g/mol. The first-order chi connectivity index (χ1) is 6.74. The number of amides is 1. The summed E-state index contributed by atoms with van der Waals surface area (Å²) >= 11 is 0. The van der Waals surface area contributed by atoms with Crippen molar-refractivity contribution in [2.75, 3.05) is 0 Å². The van der Waals surface area contributed by atoms with E-state index in [1.807, 2.05) is 27.7 Å². The lowest BCUT2D eigenvalue weighted by Gasteiger charge is -2.61. The third kappa shape index (κ3) is 1.74. The minimum atomic E-state index is -0.398. The molecule has 3 heteroatoms. The molecule has 1 saturated carbocycles. The molecule has 0 heterocycles. The highest BCUT2D eigenvalue weighted by molar-refractivity contribution is 5.93. The molecule has 1 aliphatic rings. The predicted octanol–water partition coefficient (Wildman–Crippen LogP) is 0.921. The number of aliphatic hydroxyl groups is 1. The van der Waals surface area contributed by atoms with Gasteiger partial charge in [-0.2, -0.15) is 0 Å². The van der Waals surface area contributed by atoms with Crippen molar-refractivity contribution in [2.45, 2.75) is 46.8 Å². The molecule has 3 nitrogen and oxygen atoms in total. The van der Waals surface area contributed by atoms with E-state index in [1.165, 1.54) is 0 Å². The van der Waals surface area contributed by atoms with Gasteiger partial charge in [-0.15, -0.1) is 0 Å². The van der Waals surface area contributed by atoms with Crippen molar-refractivity contribution in [2.24, 2.45) is 10.8 Å². The summed E-state index contributed by atoms with van der Waals surface area (Å²) in [5, 5.41) is 12.8. The van der Waals surface area contributed by atoms with Crippen molar-refractivity contribution in [3.8, 4) is 11.8 Å². The van der Waals surface area contributed by atoms with Crippen LogP contribution in [0.5, 0.6) is 0 Å². The van der Waals surface area contributed by atoms with Gasteiger partial charge in [-0.3, -0.25) is 4.79 Å². The number of carbonyl (C=O) groups is 1. The molecule has 0 unspecified atom stereocenters. The quantitative estimate of drug-likeness (QED) is 0.631. The highest BCUT2D eigenvalue weighted by Gasteiger charge is 2.61. The minimum absolute atomic E-state index is 0.0339. The van der Waals surface area contributed by atoms with Gasteiger partial charge in [0.1, 0.15) is 0 Å². The van der Waals surface area contributed by atoms with E-state index in [0.29, 0.717) is 0 Å². The summed E-state index contributed by atoms with van der Waals surface area (Å²) in [6, 6.07) is -0.0339. The Labute approximate surface area is 91.3 Å². The molecular formula is C12H19NO2. The van der Waals surface area contributed by atoms with E-state index >= 15 is 0 Å². The molecule has 0 aliphatic heterocycles. The van der Waals surface area contributed by atoms with Gasteiger partial charge in [0, 0.05) is 16.9 Å². The fraction of sp³-hybridized carbons (Fsp3) is 0.750. The summed E-state index contributed by atoms with van der Waals surface area (Å²) < 4.78 is 0. The molecule has 2 N–H and O–H groups in total. The van der Waals surface area contributed by atoms with Crippen LogP contribution in [0.1, 0.15) is 34.6 Å². The van der Waals surface area contributed by atoms with Crippen molar-refractivity contribution in [3.63, 3.8) is 0 Å². The first-order valence-corrected chi connectivity index (χ1v) is 5.16.